The van der Waals surface area contributed by atoms with Gasteiger partial charge in [-0.15, -0.1) is 0 Å². The van der Waals surface area contributed by atoms with Gasteiger partial charge in [0, 0.05) is 30.1 Å². The Balaban J connectivity index is 1.79. The van der Waals surface area contributed by atoms with E-state index in [4.69, 9.17) is 9.47 Å². The van der Waals surface area contributed by atoms with Gasteiger partial charge in [-0.1, -0.05) is 13.3 Å². The molecule has 0 spiro atoms. The first-order valence-electron chi connectivity index (χ1n) is 11.4. The molecule has 0 bridgehead atoms. The number of urea groups is 1. The van der Waals surface area contributed by atoms with Crippen molar-refractivity contribution in [2.45, 2.75) is 39.8 Å². The summed E-state index contributed by atoms with van der Waals surface area (Å²) in [5.74, 6) is -0.761. The number of nitrogens with zero attached hydrogens (tertiary/aromatic N) is 3. The number of anilines is 3. The van der Waals surface area contributed by atoms with Gasteiger partial charge in [0.25, 0.3) is 0 Å². The standard InChI is InChI=1S/C23H26F3N7O4/c1-4-6-9-27-21(35)29-14-7-8-17(15(11-14)23(24,25)26)37-22-28-13(3)10-18(31-22)30-19-12-16(32-33-19)20(34)36-5-2/h7-8,10-12H,4-6,9H2,1-3H3,(H2,27,29,35)(H2,28,30,31,32,33). The third-order valence-corrected chi connectivity index (χ3v) is 4.72. The van der Waals surface area contributed by atoms with E-state index < -0.39 is 29.5 Å². The molecule has 0 unspecified atom stereocenters. The Bertz CT molecular complexity index is 1250. The lowest BCUT2D eigenvalue weighted by Gasteiger charge is -2.15. The molecule has 1 aromatic carbocycles. The number of hydrogen-bond donors (Lipinski definition) is 4. The number of benzene rings is 1. The molecule has 37 heavy (non-hydrogen) atoms. The van der Waals surface area contributed by atoms with Crippen LogP contribution in [0.5, 0.6) is 11.8 Å². The zero-order valence-corrected chi connectivity index (χ0v) is 20.3. The average Bonchev–Trinajstić information content (AvgIpc) is 3.28. The maximum absolute atomic E-state index is 13.8. The van der Waals surface area contributed by atoms with E-state index in [9.17, 15) is 22.8 Å². The van der Waals surface area contributed by atoms with E-state index >= 15 is 0 Å². The number of amides is 2. The molecule has 2 amide bonds. The molecule has 0 aliphatic rings. The van der Waals surface area contributed by atoms with Crippen molar-refractivity contribution in [3.05, 3.63) is 47.3 Å². The van der Waals surface area contributed by atoms with Crippen LogP contribution >= 0.6 is 0 Å². The number of rotatable bonds is 10. The minimum absolute atomic E-state index is 0.0582. The number of aromatic amines is 1. The van der Waals surface area contributed by atoms with Crippen LogP contribution in [-0.2, 0) is 10.9 Å². The van der Waals surface area contributed by atoms with Crippen molar-refractivity contribution < 1.29 is 32.2 Å². The van der Waals surface area contributed by atoms with Gasteiger partial charge in [0.15, 0.2) is 5.82 Å². The summed E-state index contributed by atoms with van der Waals surface area (Å²) in [6.07, 6.45) is -3.18. The summed E-state index contributed by atoms with van der Waals surface area (Å²) in [7, 11) is 0. The van der Waals surface area contributed by atoms with Crippen LogP contribution in [0.25, 0.3) is 0 Å². The largest absolute Gasteiger partial charge is 0.461 e. The monoisotopic (exact) mass is 521 g/mol. The minimum atomic E-state index is -4.78. The molecule has 0 aliphatic heterocycles. The van der Waals surface area contributed by atoms with Crippen molar-refractivity contribution in [2.24, 2.45) is 0 Å². The number of H-pyrrole nitrogens is 1. The van der Waals surface area contributed by atoms with E-state index in [1.165, 1.54) is 18.2 Å². The Morgan fingerprint density at radius 1 is 1.08 bits per heavy atom. The highest BCUT2D eigenvalue weighted by Crippen LogP contribution is 2.39. The molecule has 198 valence electrons. The van der Waals surface area contributed by atoms with Crippen LogP contribution in [0.4, 0.5) is 35.3 Å². The van der Waals surface area contributed by atoms with Gasteiger partial charge in [-0.3, -0.25) is 5.10 Å². The zero-order chi connectivity index (χ0) is 27.0. The average molecular weight is 522 g/mol. The van der Waals surface area contributed by atoms with Gasteiger partial charge in [0.1, 0.15) is 22.8 Å². The van der Waals surface area contributed by atoms with Crippen molar-refractivity contribution >= 4 is 29.3 Å². The van der Waals surface area contributed by atoms with Crippen molar-refractivity contribution in [3.63, 3.8) is 0 Å². The number of aryl methyl sites for hydroxylation is 1. The number of halogens is 3. The second-order valence-corrected chi connectivity index (χ2v) is 7.73. The molecule has 0 saturated heterocycles. The quantitative estimate of drug-likeness (QED) is 0.212. The SMILES string of the molecule is CCCCNC(=O)Nc1ccc(Oc2nc(C)cc(Nc3cc(C(=O)OCC)[nH]n3)n2)c(C(F)(F)F)c1. The molecule has 0 radical (unpaired) electrons. The maximum Gasteiger partial charge on any atom is 0.420 e. The topological polar surface area (TPSA) is 143 Å². The summed E-state index contributed by atoms with van der Waals surface area (Å²) >= 11 is 0. The van der Waals surface area contributed by atoms with Gasteiger partial charge < -0.3 is 25.4 Å². The molecular formula is C23H26F3N7O4. The number of esters is 1. The number of carbonyl (C=O) groups is 2. The fourth-order valence-electron chi connectivity index (χ4n) is 3.05. The third kappa shape index (κ3) is 7.81. The number of hydrogen-bond acceptors (Lipinski definition) is 8. The number of unbranched alkanes of at least 4 members (excludes halogenated alkanes) is 1. The molecule has 2 heterocycles. The maximum atomic E-state index is 13.8. The van der Waals surface area contributed by atoms with Gasteiger partial charge in [-0.05, 0) is 38.5 Å². The van der Waals surface area contributed by atoms with Crippen LogP contribution in [-0.4, -0.2) is 45.3 Å². The fourth-order valence-corrected chi connectivity index (χ4v) is 3.05. The predicted octanol–water partition coefficient (Wildman–Crippen LogP) is 5.16. The molecular weight excluding hydrogens is 495 g/mol. The number of nitrogens with one attached hydrogen (secondary N) is 4. The van der Waals surface area contributed by atoms with E-state index in [0.29, 0.717) is 12.2 Å². The van der Waals surface area contributed by atoms with Crippen molar-refractivity contribution in [1.29, 1.82) is 0 Å². The Morgan fingerprint density at radius 2 is 1.86 bits per heavy atom. The summed E-state index contributed by atoms with van der Waals surface area (Å²) in [6.45, 7) is 5.81. The van der Waals surface area contributed by atoms with Crippen molar-refractivity contribution in [1.82, 2.24) is 25.5 Å². The third-order valence-electron chi connectivity index (χ3n) is 4.72. The number of aromatic nitrogens is 4. The molecule has 4 N–H and O–H groups in total. The van der Waals surface area contributed by atoms with Crippen LogP contribution in [0.15, 0.2) is 30.3 Å². The van der Waals surface area contributed by atoms with Gasteiger partial charge in [-0.25, -0.2) is 14.6 Å². The van der Waals surface area contributed by atoms with E-state index in [1.54, 1.807) is 13.8 Å². The summed E-state index contributed by atoms with van der Waals surface area (Å²) in [4.78, 5) is 31.8. The minimum Gasteiger partial charge on any atom is -0.461 e. The summed E-state index contributed by atoms with van der Waals surface area (Å²) in [5.41, 5.74) is -0.680. The highest BCUT2D eigenvalue weighted by atomic mass is 19.4. The summed E-state index contributed by atoms with van der Waals surface area (Å²) in [6, 6.07) is 5.05. The van der Waals surface area contributed by atoms with E-state index in [-0.39, 0.29) is 35.6 Å². The summed E-state index contributed by atoms with van der Waals surface area (Å²) < 4.78 is 51.6. The molecule has 11 nitrogen and oxygen atoms in total. The first-order valence-corrected chi connectivity index (χ1v) is 11.4. The summed E-state index contributed by atoms with van der Waals surface area (Å²) in [5, 5.41) is 14.2. The predicted molar refractivity (Wildman–Crippen MR) is 128 cm³/mol. The Morgan fingerprint density at radius 3 is 2.57 bits per heavy atom. The highest BCUT2D eigenvalue weighted by molar-refractivity contribution is 5.89. The number of alkyl halides is 3. The highest BCUT2D eigenvalue weighted by Gasteiger charge is 2.35. The van der Waals surface area contributed by atoms with Crippen molar-refractivity contribution in [3.8, 4) is 11.8 Å². The van der Waals surface area contributed by atoms with Gasteiger partial charge in [0.05, 0.1) is 6.61 Å². The van der Waals surface area contributed by atoms with E-state index in [2.05, 4.69) is 36.1 Å². The molecule has 0 saturated carbocycles. The Labute approximate surface area is 210 Å². The Hall–Kier alpha value is -4.36. The van der Waals surface area contributed by atoms with Gasteiger partial charge in [-0.2, -0.15) is 23.3 Å². The molecule has 2 aromatic heterocycles. The second kappa shape index (κ2) is 12.1. The molecule has 0 atom stereocenters. The van der Waals surface area contributed by atoms with E-state index in [1.807, 2.05) is 6.92 Å². The number of ether oxygens (including phenoxy) is 2. The van der Waals surface area contributed by atoms with Crippen molar-refractivity contribution in [2.75, 3.05) is 23.8 Å². The van der Waals surface area contributed by atoms with Crippen LogP contribution in [0.2, 0.25) is 0 Å². The lowest BCUT2D eigenvalue weighted by molar-refractivity contribution is -0.138. The Kier molecular flexibility index (Phi) is 8.87. The van der Waals surface area contributed by atoms with Crippen LogP contribution in [0.1, 0.15) is 48.4 Å². The molecule has 3 rings (SSSR count). The molecule has 3 aromatic rings. The van der Waals surface area contributed by atoms with Crippen LogP contribution < -0.4 is 20.7 Å². The first-order chi connectivity index (χ1) is 17.6. The van der Waals surface area contributed by atoms with Crippen LogP contribution in [0.3, 0.4) is 0 Å². The normalized spacial score (nSPS) is 11.1. The van der Waals surface area contributed by atoms with Gasteiger partial charge >= 0.3 is 24.2 Å². The van der Waals surface area contributed by atoms with Gasteiger partial charge in [0.2, 0.25) is 0 Å². The zero-order valence-electron chi connectivity index (χ0n) is 20.3. The molecule has 0 fully saturated rings. The second-order valence-electron chi connectivity index (χ2n) is 7.73. The number of carbonyl (C=O) groups excluding carboxylic acids is 2. The molecule has 0 aliphatic carbocycles. The fraction of sp³-hybridized carbons (Fsp3) is 0.348. The molecule has 14 heteroatoms. The van der Waals surface area contributed by atoms with Crippen LogP contribution in [0, 0.1) is 6.92 Å². The first kappa shape index (κ1) is 27.2. The smallest absolute Gasteiger partial charge is 0.420 e. The lowest BCUT2D eigenvalue weighted by Crippen LogP contribution is -2.29. The lowest BCUT2D eigenvalue weighted by atomic mass is 10.1. The van der Waals surface area contributed by atoms with E-state index in [0.717, 1.165) is 25.0 Å².